The van der Waals surface area contributed by atoms with Crippen LogP contribution in [0.2, 0.25) is 0 Å². The summed E-state index contributed by atoms with van der Waals surface area (Å²) in [5, 5.41) is 3.92. The molecule has 0 radical (unpaired) electrons. The van der Waals surface area contributed by atoms with Crippen LogP contribution in [0.4, 0.5) is 0 Å². The lowest BCUT2D eigenvalue weighted by atomic mass is 9.99. The molecule has 0 N–H and O–H groups in total. The third-order valence-electron chi connectivity index (χ3n) is 6.11. The van der Waals surface area contributed by atoms with E-state index in [0.717, 1.165) is 27.1 Å². The Balaban J connectivity index is 1.99. The van der Waals surface area contributed by atoms with E-state index in [2.05, 4.69) is 4.90 Å². The SMILES string of the molecule is COc1cc2c(=O)n(CCN(C)C)c3c4cc5c(cc4c(OC)cc3c2cc1OC)OCO5. The standard InChI is InChI=1S/C25H26N2O6/c1-26(2)6-7-27-24-16(14-8-20(30-4)21(31-5)12-18(14)25(27)28)10-19(29-3)15-9-22-23(11-17(15)24)33-13-32-22/h8-12H,6-7,13H2,1-5H3. The van der Waals surface area contributed by atoms with E-state index in [1.807, 2.05) is 42.9 Å². The highest BCUT2D eigenvalue weighted by Crippen LogP contribution is 2.44. The largest absolute Gasteiger partial charge is 0.496 e. The van der Waals surface area contributed by atoms with Gasteiger partial charge >= 0.3 is 0 Å². The highest BCUT2D eigenvalue weighted by molar-refractivity contribution is 6.18. The number of pyridine rings is 1. The number of nitrogens with zero attached hydrogens (tertiary/aromatic N) is 2. The molecule has 8 nitrogen and oxygen atoms in total. The average molecular weight is 450 g/mol. The molecule has 5 rings (SSSR count). The summed E-state index contributed by atoms with van der Waals surface area (Å²) in [6.45, 7) is 1.38. The molecule has 1 aromatic heterocycles. The third-order valence-corrected chi connectivity index (χ3v) is 6.11. The van der Waals surface area contributed by atoms with Crippen LogP contribution in [0.15, 0.2) is 35.1 Å². The van der Waals surface area contributed by atoms with Gasteiger partial charge in [-0.15, -0.1) is 0 Å². The highest BCUT2D eigenvalue weighted by atomic mass is 16.7. The Kier molecular flexibility index (Phi) is 5.17. The van der Waals surface area contributed by atoms with E-state index in [1.54, 1.807) is 27.4 Å². The lowest BCUT2D eigenvalue weighted by Crippen LogP contribution is -2.27. The van der Waals surface area contributed by atoms with E-state index in [4.69, 9.17) is 23.7 Å². The first-order valence-electron chi connectivity index (χ1n) is 10.6. The molecule has 0 atom stereocenters. The molecule has 0 saturated carbocycles. The second-order valence-corrected chi connectivity index (χ2v) is 8.24. The average Bonchev–Trinajstić information content (AvgIpc) is 3.28. The molecule has 4 aromatic rings. The van der Waals surface area contributed by atoms with E-state index >= 15 is 0 Å². The van der Waals surface area contributed by atoms with Gasteiger partial charge in [-0.3, -0.25) is 4.79 Å². The summed E-state index contributed by atoms with van der Waals surface area (Å²) in [7, 11) is 8.76. The zero-order valence-electron chi connectivity index (χ0n) is 19.4. The fourth-order valence-corrected chi connectivity index (χ4v) is 4.47. The number of methoxy groups -OCH3 is 3. The van der Waals surface area contributed by atoms with Crippen LogP contribution in [-0.2, 0) is 6.54 Å². The monoisotopic (exact) mass is 450 g/mol. The number of rotatable bonds is 6. The van der Waals surface area contributed by atoms with Crippen molar-refractivity contribution in [2.24, 2.45) is 0 Å². The van der Waals surface area contributed by atoms with Gasteiger partial charge in [0.05, 0.1) is 32.2 Å². The minimum absolute atomic E-state index is 0.0931. The van der Waals surface area contributed by atoms with Crippen molar-refractivity contribution in [3.8, 4) is 28.7 Å². The van der Waals surface area contributed by atoms with E-state index in [-0.39, 0.29) is 12.4 Å². The molecule has 1 aliphatic heterocycles. The number of hydrogen-bond donors (Lipinski definition) is 0. The van der Waals surface area contributed by atoms with Crippen molar-refractivity contribution < 1.29 is 23.7 Å². The summed E-state index contributed by atoms with van der Waals surface area (Å²) in [6.07, 6.45) is 0. The van der Waals surface area contributed by atoms with E-state index < -0.39 is 0 Å². The molecule has 2 heterocycles. The van der Waals surface area contributed by atoms with Crippen molar-refractivity contribution in [1.82, 2.24) is 9.47 Å². The Bertz CT molecular complexity index is 1460. The van der Waals surface area contributed by atoms with Crippen LogP contribution in [0.25, 0.3) is 32.4 Å². The first-order chi connectivity index (χ1) is 16.0. The maximum absolute atomic E-state index is 13.8. The van der Waals surface area contributed by atoms with Crippen molar-refractivity contribution in [2.45, 2.75) is 6.54 Å². The van der Waals surface area contributed by atoms with Crippen LogP contribution < -0.4 is 29.2 Å². The molecule has 33 heavy (non-hydrogen) atoms. The van der Waals surface area contributed by atoms with E-state index in [0.29, 0.717) is 47.2 Å². The topological polar surface area (TPSA) is 71.4 Å². The number of aromatic nitrogens is 1. The molecule has 0 amide bonds. The molecule has 3 aromatic carbocycles. The minimum Gasteiger partial charge on any atom is -0.496 e. The molecule has 172 valence electrons. The van der Waals surface area contributed by atoms with E-state index in [1.165, 1.54) is 0 Å². The molecule has 0 aliphatic carbocycles. The Morgan fingerprint density at radius 3 is 1.94 bits per heavy atom. The van der Waals surface area contributed by atoms with Gasteiger partial charge in [-0.2, -0.15) is 0 Å². The summed E-state index contributed by atoms with van der Waals surface area (Å²) in [5.41, 5.74) is 0.722. The number of fused-ring (bicyclic) bond motifs is 6. The van der Waals surface area contributed by atoms with Crippen molar-refractivity contribution >= 4 is 32.4 Å². The Morgan fingerprint density at radius 1 is 0.788 bits per heavy atom. The molecule has 0 saturated heterocycles. The van der Waals surface area contributed by atoms with Crippen LogP contribution in [-0.4, -0.2) is 58.2 Å². The highest BCUT2D eigenvalue weighted by Gasteiger charge is 2.22. The number of benzene rings is 3. The lowest BCUT2D eigenvalue weighted by molar-refractivity contribution is 0.174. The summed E-state index contributed by atoms with van der Waals surface area (Å²) in [4.78, 5) is 15.9. The first-order valence-corrected chi connectivity index (χ1v) is 10.6. The number of likely N-dealkylation sites (N-methyl/N-ethyl adjacent to an activating group) is 1. The minimum atomic E-state index is -0.0931. The molecule has 1 aliphatic rings. The number of ether oxygens (including phenoxy) is 5. The summed E-state index contributed by atoms with van der Waals surface area (Å²) in [5.74, 6) is 3.06. The quantitative estimate of drug-likeness (QED) is 0.416. The smallest absolute Gasteiger partial charge is 0.259 e. The van der Waals surface area contributed by atoms with Gasteiger partial charge in [0.15, 0.2) is 23.0 Å². The normalized spacial score (nSPS) is 12.8. The number of hydrogen-bond acceptors (Lipinski definition) is 7. The third kappa shape index (κ3) is 3.29. The maximum Gasteiger partial charge on any atom is 0.259 e. The molecule has 0 fully saturated rings. The van der Waals surface area contributed by atoms with Crippen LogP contribution in [0.5, 0.6) is 28.7 Å². The van der Waals surface area contributed by atoms with Crippen molar-refractivity contribution in [1.29, 1.82) is 0 Å². The van der Waals surface area contributed by atoms with Gasteiger partial charge in [-0.25, -0.2) is 0 Å². The summed E-state index contributed by atoms with van der Waals surface area (Å²) in [6, 6.07) is 9.42. The predicted molar refractivity (Wildman–Crippen MR) is 128 cm³/mol. The summed E-state index contributed by atoms with van der Waals surface area (Å²) >= 11 is 0. The maximum atomic E-state index is 13.8. The van der Waals surface area contributed by atoms with Crippen LogP contribution in [0.1, 0.15) is 0 Å². The Labute approximate surface area is 190 Å². The van der Waals surface area contributed by atoms with Gasteiger partial charge < -0.3 is 33.2 Å². The lowest BCUT2D eigenvalue weighted by Gasteiger charge is -2.20. The predicted octanol–water partition coefficient (Wildman–Crippen LogP) is 3.62. The second-order valence-electron chi connectivity index (χ2n) is 8.24. The van der Waals surface area contributed by atoms with Gasteiger partial charge in [-0.05, 0) is 44.4 Å². The second kappa shape index (κ2) is 8.04. The molecular weight excluding hydrogens is 424 g/mol. The zero-order chi connectivity index (χ0) is 23.3. The van der Waals surface area contributed by atoms with Gasteiger partial charge in [0.25, 0.3) is 5.56 Å². The Hall–Kier alpha value is -3.65. The van der Waals surface area contributed by atoms with Crippen LogP contribution >= 0.6 is 0 Å². The fourth-order valence-electron chi connectivity index (χ4n) is 4.47. The van der Waals surface area contributed by atoms with Crippen LogP contribution in [0.3, 0.4) is 0 Å². The molecule has 0 unspecified atom stereocenters. The molecule has 0 bridgehead atoms. The summed E-state index contributed by atoms with van der Waals surface area (Å²) < 4.78 is 29.9. The Morgan fingerprint density at radius 2 is 1.33 bits per heavy atom. The zero-order valence-corrected chi connectivity index (χ0v) is 19.4. The van der Waals surface area contributed by atoms with Crippen molar-refractivity contribution in [2.75, 3.05) is 48.8 Å². The van der Waals surface area contributed by atoms with Crippen LogP contribution in [0, 0.1) is 0 Å². The van der Waals surface area contributed by atoms with E-state index in [9.17, 15) is 4.79 Å². The first kappa shape index (κ1) is 21.2. The van der Waals surface area contributed by atoms with Crippen molar-refractivity contribution in [3.63, 3.8) is 0 Å². The fraction of sp³-hybridized carbons (Fsp3) is 0.320. The van der Waals surface area contributed by atoms with Gasteiger partial charge in [0.2, 0.25) is 6.79 Å². The van der Waals surface area contributed by atoms with Gasteiger partial charge in [-0.1, -0.05) is 0 Å². The van der Waals surface area contributed by atoms with Gasteiger partial charge in [0, 0.05) is 34.6 Å². The molecule has 8 heteroatoms. The van der Waals surface area contributed by atoms with Gasteiger partial charge in [0.1, 0.15) is 5.75 Å². The molecule has 0 spiro atoms. The molecular formula is C25H26N2O6. The van der Waals surface area contributed by atoms with Crippen molar-refractivity contribution in [3.05, 3.63) is 40.7 Å².